The van der Waals surface area contributed by atoms with Crippen molar-refractivity contribution in [3.63, 3.8) is 0 Å². The average molecular weight is 260 g/mol. The molecule has 1 aromatic rings. The molecule has 0 radical (unpaired) electrons. The van der Waals surface area contributed by atoms with Crippen LogP contribution in [0.4, 0.5) is 0 Å². The second kappa shape index (κ2) is 6.35. The molecule has 1 N–H and O–H groups in total. The van der Waals surface area contributed by atoms with Gasteiger partial charge in [-0.3, -0.25) is 9.69 Å². The van der Waals surface area contributed by atoms with Crippen molar-refractivity contribution in [3.05, 3.63) is 35.4 Å². The van der Waals surface area contributed by atoms with E-state index in [-0.39, 0.29) is 12.0 Å². The van der Waals surface area contributed by atoms with E-state index in [9.17, 15) is 4.79 Å². The normalized spacial score (nSPS) is 11.3. The Hall–Kier alpha value is -1.86. The Labute approximate surface area is 114 Å². The standard InChI is InChI=1S/C15H20N2O2/c1-15(2,3)17(9-8-14(18)19)11-13-7-5-4-6-12(13)10-16/h4-7H,8-9,11H2,1-3H3,(H,18,19). The van der Waals surface area contributed by atoms with E-state index in [2.05, 4.69) is 11.0 Å². The average Bonchev–Trinajstić information content (AvgIpc) is 2.33. The topological polar surface area (TPSA) is 64.3 Å². The van der Waals surface area contributed by atoms with Crippen LogP contribution in [0.15, 0.2) is 24.3 Å². The van der Waals surface area contributed by atoms with E-state index < -0.39 is 5.97 Å². The van der Waals surface area contributed by atoms with Crippen molar-refractivity contribution in [1.29, 1.82) is 5.26 Å². The zero-order valence-corrected chi connectivity index (χ0v) is 11.7. The summed E-state index contributed by atoms with van der Waals surface area (Å²) in [5.74, 6) is -0.803. The van der Waals surface area contributed by atoms with Crippen LogP contribution in [0.1, 0.15) is 38.3 Å². The van der Waals surface area contributed by atoms with Gasteiger partial charge in [0.2, 0.25) is 0 Å². The summed E-state index contributed by atoms with van der Waals surface area (Å²) in [6.07, 6.45) is 0.103. The minimum Gasteiger partial charge on any atom is -0.481 e. The number of hydrogen-bond donors (Lipinski definition) is 1. The van der Waals surface area contributed by atoms with Gasteiger partial charge >= 0.3 is 5.97 Å². The molecular formula is C15H20N2O2. The molecule has 0 saturated heterocycles. The summed E-state index contributed by atoms with van der Waals surface area (Å²) in [7, 11) is 0. The molecule has 4 heteroatoms. The SMILES string of the molecule is CC(C)(C)N(CCC(=O)O)Cc1ccccc1C#N. The number of benzene rings is 1. The Morgan fingerprint density at radius 2 is 2.00 bits per heavy atom. The molecule has 0 fully saturated rings. The molecule has 0 aliphatic carbocycles. The van der Waals surface area contributed by atoms with Crippen molar-refractivity contribution in [2.24, 2.45) is 0 Å². The lowest BCUT2D eigenvalue weighted by atomic mass is 10.0. The number of nitriles is 1. The zero-order chi connectivity index (χ0) is 14.5. The van der Waals surface area contributed by atoms with E-state index in [1.54, 1.807) is 6.07 Å². The highest BCUT2D eigenvalue weighted by Gasteiger charge is 2.22. The summed E-state index contributed by atoms with van der Waals surface area (Å²) < 4.78 is 0. The van der Waals surface area contributed by atoms with Crippen LogP contribution < -0.4 is 0 Å². The highest BCUT2D eigenvalue weighted by atomic mass is 16.4. The first-order chi connectivity index (χ1) is 8.84. The molecule has 0 unspecified atom stereocenters. The predicted octanol–water partition coefficient (Wildman–Crippen LogP) is 2.63. The highest BCUT2D eigenvalue weighted by Crippen LogP contribution is 2.19. The van der Waals surface area contributed by atoms with Crippen LogP contribution in [-0.4, -0.2) is 28.1 Å². The first kappa shape index (κ1) is 15.2. The van der Waals surface area contributed by atoms with Gasteiger partial charge in [0.15, 0.2) is 0 Å². The monoisotopic (exact) mass is 260 g/mol. The molecule has 0 saturated carbocycles. The maximum atomic E-state index is 10.7. The molecule has 0 aromatic heterocycles. The number of carboxylic acid groups (broad SMARTS) is 1. The van der Waals surface area contributed by atoms with Gasteiger partial charge in [-0.05, 0) is 32.4 Å². The van der Waals surface area contributed by atoms with E-state index in [4.69, 9.17) is 10.4 Å². The minimum atomic E-state index is -0.803. The van der Waals surface area contributed by atoms with E-state index in [1.807, 2.05) is 39.0 Å². The molecule has 0 heterocycles. The van der Waals surface area contributed by atoms with Gasteiger partial charge in [0, 0.05) is 18.6 Å². The van der Waals surface area contributed by atoms with Gasteiger partial charge in [-0.25, -0.2) is 0 Å². The number of nitrogens with zero attached hydrogens (tertiary/aromatic N) is 2. The molecular weight excluding hydrogens is 240 g/mol. The van der Waals surface area contributed by atoms with E-state index in [0.29, 0.717) is 18.7 Å². The van der Waals surface area contributed by atoms with Crippen molar-refractivity contribution in [2.75, 3.05) is 6.54 Å². The maximum absolute atomic E-state index is 10.7. The number of carbonyl (C=O) groups is 1. The van der Waals surface area contributed by atoms with Crippen molar-refractivity contribution < 1.29 is 9.90 Å². The summed E-state index contributed by atoms with van der Waals surface area (Å²) in [4.78, 5) is 12.8. The minimum absolute atomic E-state index is 0.103. The summed E-state index contributed by atoms with van der Waals surface area (Å²) in [5, 5.41) is 17.9. The quantitative estimate of drug-likeness (QED) is 0.884. The lowest BCUT2D eigenvalue weighted by molar-refractivity contribution is -0.137. The van der Waals surface area contributed by atoms with E-state index in [1.165, 1.54) is 0 Å². The third kappa shape index (κ3) is 4.72. The number of hydrogen-bond acceptors (Lipinski definition) is 3. The second-order valence-electron chi connectivity index (χ2n) is 5.51. The van der Waals surface area contributed by atoms with Crippen LogP contribution >= 0.6 is 0 Å². The smallest absolute Gasteiger partial charge is 0.304 e. The Balaban J connectivity index is 2.89. The van der Waals surface area contributed by atoms with Gasteiger partial charge in [0.1, 0.15) is 0 Å². The van der Waals surface area contributed by atoms with Crippen LogP contribution in [-0.2, 0) is 11.3 Å². The zero-order valence-electron chi connectivity index (χ0n) is 11.7. The molecule has 19 heavy (non-hydrogen) atoms. The first-order valence-electron chi connectivity index (χ1n) is 6.29. The summed E-state index contributed by atoms with van der Waals surface area (Å²) in [5.41, 5.74) is 1.44. The summed E-state index contributed by atoms with van der Waals surface area (Å²) >= 11 is 0. The molecule has 0 spiro atoms. The van der Waals surface area contributed by atoms with Crippen molar-refractivity contribution in [2.45, 2.75) is 39.3 Å². The number of carboxylic acids is 1. The summed E-state index contributed by atoms with van der Waals surface area (Å²) in [6.45, 7) is 7.19. The molecule has 0 amide bonds. The van der Waals surface area contributed by atoms with Gasteiger partial charge in [-0.2, -0.15) is 5.26 Å². The fourth-order valence-electron chi connectivity index (χ4n) is 1.86. The third-order valence-corrected chi connectivity index (χ3v) is 3.04. The van der Waals surface area contributed by atoms with Crippen LogP contribution in [0.2, 0.25) is 0 Å². The number of aliphatic carboxylic acids is 1. The van der Waals surface area contributed by atoms with Crippen LogP contribution in [0.25, 0.3) is 0 Å². The van der Waals surface area contributed by atoms with Crippen molar-refractivity contribution in [3.8, 4) is 6.07 Å². The summed E-state index contributed by atoms with van der Waals surface area (Å²) in [6, 6.07) is 9.61. The van der Waals surface area contributed by atoms with Crippen molar-refractivity contribution >= 4 is 5.97 Å². The van der Waals surface area contributed by atoms with Gasteiger partial charge in [0.25, 0.3) is 0 Å². The first-order valence-corrected chi connectivity index (χ1v) is 6.29. The van der Waals surface area contributed by atoms with Gasteiger partial charge < -0.3 is 5.11 Å². The maximum Gasteiger partial charge on any atom is 0.304 e. The van der Waals surface area contributed by atoms with Crippen LogP contribution in [0, 0.1) is 11.3 Å². The third-order valence-electron chi connectivity index (χ3n) is 3.04. The second-order valence-corrected chi connectivity index (χ2v) is 5.51. The van der Waals surface area contributed by atoms with Gasteiger partial charge in [-0.15, -0.1) is 0 Å². The molecule has 0 aliphatic heterocycles. The van der Waals surface area contributed by atoms with Gasteiger partial charge in [0.05, 0.1) is 18.1 Å². The predicted molar refractivity (Wildman–Crippen MR) is 73.6 cm³/mol. The highest BCUT2D eigenvalue weighted by molar-refractivity contribution is 5.66. The largest absolute Gasteiger partial charge is 0.481 e. The lowest BCUT2D eigenvalue weighted by Crippen LogP contribution is -2.42. The van der Waals surface area contributed by atoms with Crippen molar-refractivity contribution in [1.82, 2.24) is 4.90 Å². The Morgan fingerprint density at radius 1 is 1.37 bits per heavy atom. The van der Waals surface area contributed by atoms with Gasteiger partial charge in [-0.1, -0.05) is 18.2 Å². The van der Waals surface area contributed by atoms with E-state index in [0.717, 1.165) is 5.56 Å². The Kier molecular flexibility index (Phi) is 5.08. The molecule has 1 aromatic carbocycles. The Morgan fingerprint density at radius 3 is 2.53 bits per heavy atom. The molecule has 4 nitrogen and oxygen atoms in total. The fraction of sp³-hybridized carbons (Fsp3) is 0.467. The van der Waals surface area contributed by atoms with E-state index >= 15 is 0 Å². The number of rotatable bonds is 5. The molecule has 1 rings (SSSR count). The van der Waals surface area contributed by atoms with Crippen LogP contribution in [0.5, 0.6) is 0 Å². The fourth-order valence-corrected chi connectivity index (χ4v) is 1.86. The molecule has 0 aliphatic rings. The molecule has 102 valence electrons. The Bertz CT molecular complexity index is 484. The van der Waals surface area contributed by atoms with Crippen LogP contribution in [0.3, 0.4) is 0 Å². The molecule has 0 atom stereocenters. The lowest BCUT2D eigenvalue weighted by Gasteiger charge is -2.35. The molecule has 0 bridgehead atoms.